The number of fused-ring (bicyclic) bond motifs is 1. The van der Waals surface area contributed by atoms with E-state index in [9.17, 15) is 0 Å². The molecule has 2 heteroatoms. The molecule has 0 saturated carbocycles. The summed E-state index contributed by atoms with van der Waals surface area (Å²) in [5.74, 6) is 0. The summed E-state index contributed by atoms with van der Waals surface area (Å²) < 4.78 is 2.54. The highest BCUT2D eigenvalue weighted by Crippen LogP contribution is 2.35. The Labute approximate surface area is 89.0 Å². The van der Waals surface area contributed by atoms with Gasteiger partial charge in [-0.05, 0) is 20.1 Å². The van der Waals surface area contributed by atoms with Crippen LogP contribution in [0.1, 0.15) is 12.8 Å². The molecule has 2 aliphatic rings. The van der Waals surface area contributed by atoms with E-state index in [-0.39, 0.29) is 0 Å². The second-order valence-corrected chi connectivity index (χ2v) is 5.00. The third kappa shape index (κ3) is 1.64. The minimum Gasteiger partial charge on any atom is -0.0576 e. The van der Waals surface area contributed by atoms with Gasteiger partial charge in [0.25, 0.3) is 0 Å². The van der Waals surface area contributed by atoms with Gasteiger partial charge in [-0.3, -0.25) is 0 Å². The van der Waals surface area contributed by atoms with Crippen molar-refractivity contribution in [1.29, 1.82) is 0 Å². The highest BCUT2D eigenvalue weighted by molar-refractivity contribution is 9.12. The van der Waals surface area contributed by atoms with Crippen LogP contribution >= 0.6 is 31.9 Å². The Morgan fingerprint density at radius 3 is 1.58 bits per heavy atom. The van der Waals surface area contributed by atoms with E-state index in [1.54, 1.807) is 0 Å². The molecule has 0 aliphatic heterocycles. The molecule has 0 spiro atoms. The van der Waals surface area contributed by atoms with Crippen molar-refractivity contribution >= 4 is 31.9 Å². The third-order valence-corrected chi connectivity index (χ3v) is 3.15. The average Bonchev–Trinajstić information content (AvgIpc) is 2.05. The van der Waals surface area contributed by atoms with Crippen LogP contribution in [0.2, 0.25) is 0 Å². The molecule has 0 saturated heterocycles. The summed E-state index contributed by atoms with van der Waals surface area (Å²) in [6, 6.07) is 0. The highest BCUT2D eigenvalue weighted by Gasteiger charge is 2.13. The lowest BCUT2D eigenvalue weighted by molar-refractivity contribution is 1.08. The van der Waals surface area contributed by atoms with Crippen LogP contribution in [0.15, 0.2) is 44.4 Å². The van der Waals surface area contributed by atoms with Gasteiger partial charge in [-0.1, -0.05) is 56.2 Å². The minimum atomic E-state index is 1.04. The van der Waals surface area contributed by atoms with Crippen molar-refractivity contribution in [3.8, 4) is 0 Å². The van der Waals surface area contributed by atoms with Gasteiger partial charge in [0.2, 0.25) is 0 Å². The van der Waals surface area contributed by atoms with E-state index < -0.39 is 0 Å². The van der Waals surface area contributed by atoms with Crippen molar-refractivity contribution in [2.24, 2.45) is 0 Å². The number of hydrogen-bond acceptors (Lipinski definition) is 0. The molecule has 0 fully saturated rings. The van der Waals surface area contributed by atoms with E-state index >= 15 is 0 Å². The minimum absolute atomic E-state index is 1.04. The molecular formula is C10H8Br2. The quantitative estimate of drug-likeness (QED) is 0.626. The fraction of sp³-hybridized carbons (Fsp3) is 0.200. The number of allylic oxidation sites excluding steroid dienone is 8. The zero-order chi connectivity index (χ0) is 8.55. The molecule has 0 unspecified atom stereocenters. The fourth-order valence-electron chi connectivity index (χ4n) is 1.42. The van der Waals surface area contributed by atoms with Crippen molar-refractivity contribution in [3.05, 3.63) is 44.4 Å². The largest absolute Gasteiger partial charge is 0.0576 e. The van der Waals surface area contributed by atoms with Crippen molar-refractivity contribution < 1.29 is 0 Å². The van der Waals surface area contributed by atoms with E-state index in [0.717, 1.165) is 12.8 Å². The molecule has 0 nitrogen and oxygen atoms in total. The van der Waals surface area contributed by atoms with Gasteiger partial charge in [0.1, 0.15) is 0 Å². The van der Waals surface area contributed by atoms with Crippen LogP contribution in [0.5, 0.6) is 0 Å². The first-order valence-electron chi connectivity index (χ1n) is 3.86. The predicted octanol–water partition coefficient (Wildman–Crippen LogP) is 4.20. The molecule has 0 aromatic heterocycles. The Balaban J connectivity index is 2.35. The number of hydrogen-bond donors (Lipinski definition) is 0. The van der Waals surface area contributed by atoms with Gasteiger partial charge < -0.3 is 0 Å². The summed E-state index contributed by atoms with van der Waals surface area (Å²) in [6.07, 6.45) is 10.7. The normalized spacial score (nSPS) is 21.8. The first kappa shape index (κ1) is 8.52. The second-order valence-electron chi connectivity index (χ2n) is 2.96. The molecule has 0 heterocycles. The molecule has 2 rings (SSSR count). The third-order valence-electron chi connectivity index (χ3n) is 2.06. The fourth-order valence-corrected chi connectivity index (χ4v) is 2.29. The molecule has 0 radical (unpaired) electrons. The molecule has 0 bridgehead atoms. The zero-order valence-corrected chi connectivity index (χ0v) is 9.65. The molecule has 0 atom stereocenters. The van der Waals surface area contributed by atoms with Crippen molar-refractivity contribution in [3.63, 3.8) is 0 Å². The van der Waals surface area contributed by atoms with Crippen LogP contribution in [0.3, 0.4) is 0 Å². The predicted molar refractivity (Wildman–Crippen MR) is 59.4 cm³/mol. The van der Waals surface area contributed by atoms with Crippen molar-refractivity contribution in [1.82, 2.24) is 0 Å². The van der Waals surface area contributed by atoms with Crippen LogP contribution in [-0.2, 0) is 0 Å². The molecule has 0 N–H and O–H groups in total. The monoisotopic (exact) mass is 286 g/mol. The maximum atomic E-state index is 3.51. The number of rotatable bonds is 0. The Hall–Kier alpha value is -0.0800. The highest BCUT2D eigenvalue weighted by atomic mass is 79.9. The van der Waals surface area contributed by atoms with Gasteiger partial charge in [-0.2, -0.15) is 0 Å². The van der Waals surface area contributed by atoms with Gasteiger partial charge >= 0.3 is 0 Å². The Morgan fingerprint density at radius 2 is 1.17 bits per heavy atom. The summed E-state index contributed by atoms with van der Waals surface area (Å²) in [5.41, 5.74) is 2.88. The number of halogens is 2. The smallest absolute Gasteiger partial charge is 0.00435 e. The van der Waals surface area contributed by atoms with E-state index in [4.69, 9.17) is 0 Å². The lowest BCUT2D eigenvalue weighted by Crippen LogP contribution is -1.98. The zero-order valence-electron chi connectivity index (χ0n) is 6.48. The van der Waals surface area contributed by atoms with Gasteiger partial charge in [0, 0.05) is 12.8 Å². The van der Waals surface area contributed by atoms with Crippen molar-refractivity contribution in [2.75, 3.05) is 0 Å². The van der Waals surface area contributed by atoms with Gasteiger partial charge in [-0.15, -0.1) is 0 Å². The summed E-state index contributed by atoms with van der Waals surface area (Å²) in [5, 5.41) is 0. The average molecular weight is 288 g/mol. The van der Waals surface area contributed by atoms with Gasteiger partial charge in [0.05, 0.1) is 0 Å². The Bertz CT molecular complexity index is 296. The SMILES string of the molecule is BrC1=CC=C2CC(Br)=CC=C2C1. The summed E-state index contributed by atoms with van der Waals surface area (Å²) in [4.78, 5) is 0. The summed E-state index contributed by atoms with van der Waals surface area (Å²) in [7, 11) is 0. The van der Waals surface area contributed by atoms with Crippen LogP contribution in [0.4, 0.5) is 0 Å². The molecule has 0 aromatic rings. The molecule has 0 aromatic carbocycles. The standard InChI is InChI=1S/C10H8Br2/c11-9-3-1-7-5-10(12)4-2-8(7)6-9/h1-4H,5-6H2. The van der Waals surface area contributed by atoms with Crippen LogP contribution in [-0.4, -0.2) is 0 Å². The molecule has 62 valence electrons. The van der Waals surface area contributed by atoms with Gasteiger partial charge in [-0.25, -0.2) is 0 Å². The first-order chi connectivity index (χ1) is 5.75. The maximum Gasteiger partial charge on any atom is 0.00435 e. The van der Waals surface area contributed by atoms with Crippen LogP contribution < -0.4 is 0 Å². The van der Waals surface area contributed by atoms with Gasteiger partial charge in [0.15, 0.2) is 0 Å². The summed E-state index contributed by atoms with van der Waals surface area (Å²) in [6.45, 7) is 0. The maximum absolute atomic E-state index is 3.51. The van der Waals surface area contributed by atoms with E-state index in [1.807, 2.05) is 0 Å². The van der Waals surface area contributed by atoms with E-state index in [1.165, 1.54) is 20.1 Å². The van der Waals surface area contributed by atoms with E-state index in [2.05, 4.69) is 56.2 Å². The Morgan fingerprint density at radius 1 is 0.750 bits per heavy atom. The second kappa shape index (κ2) is 3.35. The molecule has 2 aliphatic carbocycles. The van der Waals surface area contributed by atoms with E-state index in [0.29, 0.717) is 0 Å². The summed E-state index contributed by atoms with van der Waals surface area (Å²) >= 11 is 7.02. The molecular weight excluding hydrogens is 280 g/mol. The molecule has 12 heavy (non-hydrogen) atoms. The van der Waals surface area contributed by atoms with Crippen molar-refractivity contribution in [2.45, 2.75) is 12.8 Å². The van der Waals surface area contributed by atoms with Crippen LogP contribution in [0, 0.1) is 0 Å². The molecule has 0 amide bonds. The lowest BCUT2D eigenvalue weighted by atomic mass is 9.92. The topological polar surface area (TPSA) is 0 Å². The first-order valence-corrected chi connectivity index (χ1v) is 5.45. The Kier molecular flexibility index (Phi) is 2.37. The lowest BCUT2D eigenvalue weighted by Gasteiger charge is -2.18. The van der Waals surface area contributed by atoms with Crippen LogP contribution in [0.25, 0.3) is 0 Å².